The van der Waals surface area contributed by atoms with E-state index in [0.29, 0.717) is 6.66 Å². The minimum Gasteiger partial charge on any atom is -0.324 e. The minimum absolute atomic E-state index is 0.330. The molecule has 0 heterocycles. The molecule has 1 unspecified atom stereocenters. The molecule has 1 atom stereocenters. The molecule has 0 aliphatic heterocycles. The van der Waals surface area contributed by atoms with Crippen molar-refractivity contribution < 1.29 is 35.0 Å². The van der Waals surface area contributed by atoms with Gasteiger partial charge in [0.25, 0.3) is 0 Å². The highest BCUT2D eigenvalue weighted by Gasteiger charge is 2.50. The number of hydrogen-bond donors (Lipinski definition) is 1. The predicted molar refractivity (Wildman–Crippen MR) is 31.8 cm³/mol. The highest BCUT2D eigenvalue weighted by atomic mass is 32.2. The summed E-state index contributed by atoms with van der Waals surface area (Å²) < 4.78 is 67.3. The van der Waals surface area contributed by atoms with Gasteiger partial charge in [0.1, 0.15) is 0 Å². The molecule has 0 aliphatic rings. The van der Waals surface area contributed by atoms with E-state index in [1.54, 1.807) is 0 Å². The van der Waals surface area contributed by atoms with Crippen molar-refractivity contribution in [3.8, 4) is 0 Å². The van der Waals surface area contributed by atoms with Gasteiger partial charge in [-0.3, -0.25) is 4.57 Å². The summed E-state index contributed by atoms with van der Waals surface area (Å²) >= 11 is 0. The van der Waals surface area contributed by atoms with Crippen molar-refractivity contribution >= 4 is 17.7 Å². The maximum atomic E-state index is 11.4. The Hall–Kier alpha value is -0.110. The second kappa shape index (κ2) is 2.99. The van der Waals surface area contributed by atoms with E-state index >= 15 is 0 Å². The molecule has 5 nitrogen and oxygen atoms in total. The molecule has 0 aromatic heterocycles. The average Bonchev–Trinajstić information content (AvgIpc) is 1.52. The first-order chi connectivity index (χ1) is 4.96. The molecule has 0 aromatic rings. The molecule has 0 rings (SSSR count). The SMILES string of the molecule is CP(=O)(O)OS(=O)(=O)C(F)(F)F. The minimum atomic E-state index is -5.97. The Morgan fingerprint density at radius 1 is 1.42 bits per heavy atom. The Labute approximate surface area is 65.8 Å². The third-order valence-corrected chi connectivity index (χ3v) is 2.98. The number of alkyl halides is 3. The van der Waals surface area contributed by atoms with E-state index in [4.69, 9.17) is 4.89 Å². The van der Waals surface area contributed by atoms with Gasteiger partial charge in [0.2, 0.25) is 0 Å². The summed E-state index contributed by atoms with van der Waals surface area (Å²) in [5.74, 6) is 0. The Balaban J connectivity index is 4.83. The van der Waals surface area contributed by atoms with Crippen molar-refractivity contribution in [2.75, 3.05) is 6.66 Å². The van der Waals surface area contributed by atoms with Crippen LogP contribution in [0.15, 0.2) is 0 Å². The van der Waals surface area contributed by atoms with Crippen LogP contribution in [0.25, 0.3) is 0 Å². The molecule has 0 radical (unpaired) electrons. The van der Waals surface area contributed by atoms with Crippen molar-refractivity contribution in [1.29, 1.82) is 0 Å². The zero-order valence-electron chi connectivity index (χ0n) is 5.57. The molecule has 0 saturated carbocycles. The van der Waals surface area contributed by atoms with Gasteiger partial charge >= 0.3 is 23.2 Å². The average molecular weight is 228 g/mol. The summed E-state index contributed by atoms with van der Waals surface area (Å²) in [5, 5.41) is 0. The first kappa shape index (κ1) is 11.9. The molecule has 0 bridgehead atoms. The summed E-state index contributed by atoms with van der Waals surface area (Å²) in [4.78, 5) is 8.17. The summed E-state index contributed by atoms with van der Waals surface area (Å²) in [6.45, 7) is 0.330. The van der Waals surface area contributed by atoms with Crippen molar-refractivity contribution in [2.24, 2.45) is 0 Å². The predicted octanol–water partition coefficient (Wildman–Crippen LogP) is 0.668. The fourth-order valence-electron chi connectivity index (χ4n) is 0.224. The third kappa shape index (κ3) is 3.53. The first-order valence-corrected chi connectivity index (χ1v) is 5.72. The molecule has 74 valence electrons. The first-order valence-electron chi connectivity index (χ1n) is 2.28. The molecular formula is C2H4F3O5PS. The fourth-order valence-corrected chi connectivity index (χ4v) is 2.02. The summed E-state index contributed by atoms with van der Waals surface area (Å²) in [6.07, 6.45) is 0. The van der Waals surface area contributed by atoms with Crippen molar-refractivity contribution in [3.63, 3.8) is 0 Å². The summed E-state index contributed by atoms with van der Waals surface area (Å²) in [7, 11) is -10.7. The van der Waals surface area contributed by atoms with Gasteiger partial charge in [-0.1, -0.05) is 0 Å². The molecular weight excluding hydrogens is 224 g/mol. The summed E-state index contributed by atoms with van der Waals surface area (Å²) in [5.41, 5.74) is -5.68. The largest absolute Gasteiger partial charge is 0.523 e. The van der Waals surface area contributed by atoms with E-state index < -0.39 is 23.2 Å². The van der Waals surface area contributed by atoms with Crippen molar-refractivity contribution in [2.45, 2.75) is 5.51 Å². The Bertz CT molecular complexity index is 297. The van der Waals surface area contributed by atoms with Gasteiger partial charge in [-0.25, -0.2) is 0 Å². The van der Waals surface area contributed by atoms with Crippen LogP contribution in [-0.2, 0) is 18.7 Å². The van der Waals surface area contributed by atoms with Crippen LogP contribution in [0.2, 0.25) is 0 Å². The molecule has 0 fully saturated rings. The van der Waals surface area contributed by atoms with E-state index in [0.717, 1.165) is 0 Å². The standard InChI is InChI=1S/C2H4F3O5PS/c1-11(6,7)10-12(8,9)2(3,4)5/h1H3,(H,6,7). The number of halogens is 3. The normalized spacial score (nSPS) is 18.8. The zero-order valence-corrected chi connectivity index (χ0v) is 7.28. The lowest BCUT2D eigenvalue weighted by atomic mass is 11.6. The van der Waals surface area contributed by atoms with Crippen molar-refractivity contribution in [1.82, 2.24) is 0 Å². The van der Waals surface area contributed by atoms with Gasteiger partial charge in [-0.15, -0.1) is 0 Å². The van der Waals surface area contributed by atoms with Gasteiger partial charge in [0.05, 0.1) is 0 Å². The smallest absolute Gasteiger partial charge is 0.324 e. The van der Waals surface area contributed by atoms with Gasteiger partial charge in [0.15, 0.2) is 0 Å². The second-order valence-electron chi connectivity index (χ2n) is 1.78. The van der Waals surface area contributed by atoms with E-state index in [-0.39, 0.29) is 0 Å². The van der Waals surface area contributed by atoms with Gasteiger partial charge in [-0.05, 0) is 0 Å². The van der Waals surface area contributed by atoms with Gasteiger partial charge < -0.3 is 4.89 Å². The maximum absolute atomic E-state index is 11.4. The van der Waals surface area contributed by atoms with Crippen LogP contribution >= 0.6 is 7.60 Å². The molecule has 1 N–H and O–H groups in total. The van der Waals surface area contributed by atoms with E-state index in [2.05, 4.69) is 3.97 Å². The number of hydrogen-bond acceptors (Lipinski definition) is 4. The molecule has 12 heavy (non-hydrogen) atoms. The lowest BCUT2D eigenvalue weighted by Crippen LogP contribution is -2.24. The van der Waals surface area contributed by atoms with E-state index in [1.807, 2.05) is 0 Å². The molecule has 0 aliphatic carbocycles. The highest BCUT2D eigenvalue weighted by molar-refractivity contribution is 7.91. The van der Waals surface area contributed by atoms with Crippen LogP contribution in [-0.4, -0.2) is 25.5 Å². The molecule has 0 amide bonds. The van der Waals surface area contributed by atoms with Crippen LogP contribution in [0.5, 0.6) is 0 Å². The number of rotatable bonds is 2. The third-order valence-electron chi connectivity index (χ3n) is 0.520. The summed E-state index contributed by atoms with van der Waals surface area (Å²) in [6, 6.07) is 0. The Morgan fingerprint density at radius 3 is 1.83 bits per heavy atom. The quantitative estimate of drug-likeness (QED) is 0.554. The van der Waals surface area contributed by atoms with Gasteiger partial charge in [-0.2, -0.15) is 25.6 Å². The Kier molecular flexibility index (Phi) is 2.96. The molecule has 0 spiro atoms. The lowest BCUT2D eigenvalue weighted by molar-refractivity contribution is -0.0503. The van der Waals surface area contributed by atoms with Crippen LogP contribution in [0, 0.1) is 0 Å². The topological polar surface area (TPSA) is 80.7 Å². The second-order valence-corrected chi connectivity index (χ2v) is 5.35. The van der Waals surface area contributed by atoms with Crippen LogP contribution in [0.3, 0.4) is 0 Å². The monoisotopic (exact) mass is 228 g/mol. The van der Waals surface area contributed by atoms with Crippen molar-refractivity contribution in [3.05, 3.63) is 0 Å². The molecule has 0 aromatic carbocycles. The van der Waals surface area contributed by atoms with Crippen LogP contribution < -0.4 is 0 Å². The molecule has 0 saturated heterocycles. The van der Waals surface area contributed by atoms with E-state index in [9.17, 15) is 26.2 Å². The maximum Gasteiger partial charge on any atom is 0.523 e. The van der Waals surface area contributed by atoms with Crippen LogP contribution in [0.4, 0.5) is 13.2 Å². The zero-order chi connectivity index (χ0) is 10.2. The van der Waals surface area contributed by atoms with E-state index in [1.165, 1.54) is 0 Å². The molecule has 10 heteroatoms. The highest BCUT2D eigenvalue weighted by Crippen LogP contribution is 2.43. The van der Waals surface area contributed by atoms with Gasteiger partial charge in [0, 0.05) is 6.66 Å². The fraction of sp³-hybridized carbons (Fsp3) is 1.00. The van der Waals surface area contributed by atoms with Crippen LogP contribution in [0.1, 0.15) is 0 Å². The lowest BCUT2D eigenvalue weighted by Gasteiger charge is -2.09. The Morgan fingerprint density at radius 2 is 1.75 bits per heavy atom.